The van der Waals surface area contributed by atoms with Crippen molar-refractivity contribution in [1.82, 2.24) is 5.32 Å². The van der Waals surface area contributed by atoms with Crippen LogP contribution in [0.3, 0.4) is 0 Å². The monoisotopic (exact) mass is 276 g/mol. The van der Waals surface area contributed by atoms with Crippen LogP contribution in [0.5, 0.6) is 0 Å². The molecule has 0 spiro atoms. The Morgan fingerprint density at radius 3 is 2.45 bits per heavy atom. The third-order valence-corrected chi connectivity index (χ3v) is 4.31. The summed E-state index contributed by atoms with van der Waals surface area (Å²) in [6.07, 6.45) is 3.56. The minimum absolute atomic E-state index is 0.0287. The van der Waals surface area contributed by atoms with Crippen LogP contribution in [-0.4, -0.2) is 25.7 Å². The molecule has 1 unspecified atom stereocenters. The van der Waals surface area contributed by atoms with Crippen molar-refractivity contribution in [2.75, 3.05) is 19.5 Å². The van der Waals surface area contributed by atoms with Crippen molar-refractivity contribution in [2.24, 2.45) is 0 Å². The molecule has 2 N–H and O–H groups in total. The van der Waals surface area contributed by atoms with Crippen molar-refractivity contribution >= 4 is 11.6 Å². The van der Waals surface area contributed by atoms with Crippen LogP contribution in [0.1, 0.15) is 44.2 Å². The van der Waals surface area contributed by atoms with E-state index >= 15 is 0 Å². The molecular formula is C16H24N2O2. The molecule has 2 rings (SSSR count). The molecule has 0 heterocycles. The smallest absolute Gasteiger partial charge is 0.227 e. The van der Waals surface area contributed by atoms with Gasteiger partial charge in [0.1, 0.15) is 0 Å². The maximum absolute atomic E-state index is 12.1. The summed E-state index contributed by atoms with van der Waals surface area (Å²) in [7, 11) is 3.63. The molecule has 110 valence electrons. The fourth-order valence-electron chi connectivity index (χ4n) is 2.54. The number of hydrogen-bond donors (Lipinski definition) is 2. The highest BCUT2D eigenvalue weighted by atomic mass is 16.5. The first-order chi connectivity index (χ1) is 9.58. The van der Waals surface area contributed by atoms with Gasteiger partial charge >= 0.3 is 0 Å². The zero-order chi connectivity index (χ0) is 14.6. The molecule has 20 heavy (non-hydrogen) atoms. The van der Waals surface area contributed by atoms with Crippen molar-refractivity contribution in [3.63, 3.8) is 0 Å². The fraction of sp³-hybridized carbons (Fsp3) is 0.562. The predicted molar refractivity (Wildman–Crippen MR) is 80.8 cm³/mol. The summed E-state index contributed by atoms with van der Waals surface area (Å²) in [5.41, 5.74) is 1.83. The van der Waals surface area contributed by atoms with Crippen LogP contribution in [0, 0.1) is 0 Å². The van der Waals surface area contributed by atoms with E-state index in [1.165, 1.54) is 5.56 Å². The molecule has 1 saturated carbocycles. The summed E-state index contributed by atoms with van der Waals surface area (Å²) < 4.78 is 5.48. The van der Waals surface area contributed by atoms with Gasteiger partial charge in [0.05, 0.1) is 12.0 Å². The average Bonchev–Trinajstić information content (AvgIpc) is 2.43. The number of hydrogen-bond acceptors (Lipinski definition) is 3. The lowest BCUT2D eigenvalue weighted by Gasteiger charge is -2.39. The third-order valence-electron chi connectivity index (χ3n) is 4.31. The van der Waals surface area contributed by atoms with Crippen LogP contribution in [0.2, 0.25) is 0 Å². The second-order valence-electron chi connectivity index (χ2n) is 5.60. The Morgan fingerprint density at radius 1 is 1.35 bits per heavy atom. The van der Waals surface area contributed by atoms with Gasteiger partial charge in [-0.2, -0.15) is 0 Å². The Hall–Kier alpha value is -1.39. The van der Waals surface area contributed by atoms with Gasteiger partial charge in [0.25, 0.3) is 0 Å². The zero-order valence-electron chi connectivity index (χ0n) is 12.5. The Balaban J connectivity index is 1.91. The van der Waals surface area contributed by atoms with Gasteiger partial charge in [0.15, 0.2) is 0 Å². The average molecular weight is 276 g/mol. The molecule has 1 amide bonds. The summed E-state index contributed by atoms with van der Waals surface area (Å²) in [6, 6.07) is 8.27. The van der Waals surface area contributed by atoms with Gasteiger partial charge < -0.3 is 15.4 Å². The maximum atomic E-state index is 12.1. The highest BCUT2D eigenvalue weighted by Crippen LogP contribution is 2.38. The molecule has 0 radical (unpaired) electrons. The minimum atomic E-state index is -0.218. The van der Waals surface area contributed by atoms with E-state index in [0.29, 0.717) is 12.5 Å². The molecule has 1 aliphatic carbocycles. The van der Waals surface area contributed by atoms with Gasteiger partial charge in [0, 0.05) is 18.8 Å². The SMILES string of the molecule is CNC(C)c1ccc(NC(=O)CC2(OC)CCC2)cc1. The van der Waals surface area contributed by atoms with E-state index in [1.54, 1.807) is 7.11 Å². The van der Waals surface area contributed by atoms with Crippen molar-refractivity contribution in [1.29, 1.82) is 0 Å². The van der Waals surface area contributed by atoms with Crippen molar-refractivity contribution in [3.8, 4) is 0 Å². The number of nitrogens with one attached hydrogen (secondary N) is 2. The second-order valence-corrected chi connectivity index (χ2v) is 5.60. The number of carbonyl (C=O) groups is 1. The van der Waals surface area contributed by atoms with Gasteiger partial charge in [-0.15, -0.1) is 0 Å². The van der Waals surface area contributed by atoms with Crippen molar-refractivity contribution < 1.29 is 9.53 Å². The normalized spacial score (nSPS) is 18.1. The van der Waals surface area contributed by atoms with E-state index < -0.39 is 0 Å². The van der Waals surface area contributed by atoms with E-state index in [2.05, 4.69) is 17.6 Å². The Labute approximate surface area is 120 Å². The molecule has 1 aliphatic rings. The van der Waals surface area contributed by atoms with Gasteiger partial charge in [-0.25, -0.2) is 0 Å². The largest absolute Gasteiger partial charge is 0.378 e. The molecule has 4 heteroatoms. The van der Waals surface area contributed by atoms with Crippen molar-refractivity contribution in [2.45, 2.75) is 44.2 Å². The van der Waals surface area contributed by atoms with Gasteiger partial charge in [-0.1, -0.05) is 12.1 Å². The Morgan fingerprint density at radius 2 is 2.00 bits per heavy atom. The van der Waals surface area contributed by atoms with E-state index in [0.717, 1.165) is 24.9 Å². The van der Waals surface area contributed by atoms with Gasteiger partial charge in [-0.05, 0) is 50.9 Å². The summed E-state index contributed by atoms with van der Waals surface area (Å²) >= 11 is 0. The molecular weight excluding hydrogens is 252 g/mol. The van der Waals surface area contributed by atoms with Crippen LogP contribution in [0.25, 0.3) is 0 Å². The predicted octanol–water partition coefficient (Wildman–Crippen LogP) is 2.86. The van der Waals surface area contributed by atoms with E-state index in [4.69, 9.17) is 4.74 Å². The van der Waals surface area contributed by atoms with E-state index in [9.17, 15) is 4.79 Å². The van der Waals surface area contributed by atoms with E-state index in [-0.39, 0.29) is 11.5 Å². The number of ether oxygens (including phenoxy) is 1. The van der Waals surface area contributed by atoms with E-state index in [1.807, 2.05) is 31.3 Å². The number of methoxy groups -OCH3 is 1. The van der Waals surface area contributed by atoms with Gasteiger partial charge in [0.2, 0.25) is 5.91 Å². The molecule has 4 nitrogen and oxygen atoms in total. The van der Waals surface area contributed by atoms with Crippen LogP contribution < -0.4 is 10.6 Å². The minimum Gasteiger partial charge on any atom is -0.378 e. The molecule has 1 fully saturated rings. The number of carbonyl (C=O) groups excluding carboxylic acids is 1. The highest BCUT2D eigenvalue weighted by Gasteiger charge is 2.38. The van der Waals surface area contributed by atoms with Crippen molar-refractivity contribution in [3.05, 3.63) is 29.8 Å². The zero-order valence-corrected chi connectivity index (χ0v) is 12.5. The van der Waals surface area contributed by atoms with Crippen LogP contribution in [0.15, 0.2) is 24.3 Å². The van der Waals surface area contributed by atoms with Crippen LogP contribution in [-0.2, 0) is 9.53 Å². The van der Waals surface area contributed by atoms with Gasteiger partial charge in [-0.3, -0.25) is 4.79 Å². The number of rotatable bonds is 6. The molecule has 0 bridgehead atoms. The standard InChI is InChI=1S/C16H24N2O2/c1-12(17-2)13-5-7-14(8-6-13)18-15(19)11-16(20-3)9-4-10-16/h5-8,12,17H,4,9-11H2,1-3H3,(H,18,19). The number of anilines is 1. The topological polar surface area (TPSA) is 50.4 Å². The molecule has 1 aromatic rings. The number of amides is 1. The Kier molecular flexibility index (Phi) is 4.78. The molecule has 0 aromatic heterocycles. The first-order valence-electron chi connectivity index (χ1n) is 7.21. The summed E-state index contributed by atoms with van der Waals surface area (Å²) in [5, 5.41) is 6.14. The third kappa shape index (κ3) is 3.38. The summed E-state index contributed by atoms with van der Waals surface area (Å²) in [6.45, 7) is 2.10. The second kappa shape index (κ2) is 6.37. The molecule has 1 atom stereocenters. The quantitative estimate of drug-likeness (QED) is 0.840. The summed E-state index contributed by atoms with van der Waals surface area (Å²) in [4.78, 5) is 12.1. The van der Waals surface area contributed by atoms with Crippen LogP contribution in [0.4, 0.5) is 5.69 Å². The maximum Gasteiger partial charge on any atom is 0.227 e. The lowest BCUT2D eigenvalue weighted by atomic mass is 9.77. The molecule has 1 aromatic carbocycles. The lowest BCUT2D eigenvalue weighted by Crippen LogP contribution is -2.42. The first kappa shape index (κ1) is 15.0. The molecule has 0 aliphatic heterocycles. The number of benzene rings is 1. The lowest BCUT2D eigenvalue weighted by molar-refractivity contribution is -0.129. The van der Waals surface area contributed by atoms with Crippen LogP contribution >= 0.6 is 0 Å². The summed E-state index contributed by atoms with van der Waals surface area (Å²) in [5.74, 6) is 0.0287. The highest BCUT2D eigenvalue weighted by molar-refractivity contribution is 5.91. The Bertz CT molecular complexity index is 447. The fourth-order valence-corrected chi connectivity index (χ4v) is 2.54. The molecule has 0 saturated heterocycles. The first-order valence-corrected chi connectivity index (χ1v) is 7.21.